The predicted octanol–water partition coefficient (Wildman–Crippen LogP) is 4.26. The maximum Gasteiger partial charge on any atom is 0.251 e. The maximum absolute atomic E-state index is 12.3. The summed E-state index contributed by atoms with van der Waals surface area (Å²) < 4.78 is 5.65. The van der Waals surface area contributed by atoms with Crippen LogP contribution >= 0.6 is 11.3 Å². The molecule has 1 aromatic heterocycles. The van der Waals surface area contributed by atoms with E-state index in [1.807, 2.05) is 35.7 Å². The van der Waals surface area contributed by atoms with Gasteiger partial charge in [0.15, 0.2) is 0 Å². The van der Waals surface area contributed by atoms with Gasteiger partial charge in [-0.05, 0) is 35.7 Å². The van der Waals surface area contributed by atoms with E-state index in [0.717, 1.165) is 11.4 Å². The fourth-order valence-corrected chi connectivity index (χ4v) is 2.96. The van der Waals surface area contributed by atoms with Gasteiger partial charge in [-0.3, -0.25) is 4.79 Å². The summed E-state index contributed by atoms with van der Waals surface area (Å²) in [4.78, 5) is 16.4. The molecule has 3 aromatic rings. The second-order valence-corrected chi connectivity index (χ2v) is 6.53. The van der Waals surface area contributed by atoms with Gasteiger partial charge in [0.25, 0.3) is 5.91 Å². The molecule has 2 aromatic carbocycles. The zero-order valence-electron chi connectivity index (χ0n) is 14.0. The number of benzene rings is 2. The standard InChI is InChI=1S/C20H20N2O2S/c1-15(16-5-3-2-4-6-16)11-21-20(23)17-7-9-19(10-8-17)24-12-18-13-25-14-22-18/h2-10,13-15H,11-12H2,1H3,(H,21,23)/t15-/m0/s1. The molecule has 0 radical (unpaired) electrons. The van der Waals surface area contributed by atoms with Crippen LogP contribution in [0.4, 0.5) is 0 Å². The third kappa shape index (κ3) is 4.90. The first kappa shape index (κ1) is 17.2. The SMILES string of the molecule is C[C@@H](CNC(=O)c1ccc(OCc2cscn2)cc1)c1ccccc1. The minimum atomic E-state index is -0.0752. The highest BCUT2D eigenvalue weighted by molar-refractivity contribution is 7.07. The highest BCUT2D eigenvalue weighted by Crippen LogP contribution is 2.16. The molecule has 0 spiro atoms. The van der Waals surface area contributed by atoms with Crippen molar-refractivity contribution in [2.24, 2.45) is 0 Å². The molecule has 0 aliphatic heterocycles. The Hall–Kier alpha value is -2.66. The van der Waals surface area contributed by atoms with Gasteiger partial charge >= 0.3 is 0 Å². The van der Waals surface area contributed by atoms with Crippen LogP contribution < -0.4 is 10.1 Å². The van der Waals surface area contributed by atoms with Crippen molar-refractivity contribution in [3.8, 4) is 5.75 Å². The van der Waals surface area contributed by atoms with Gasteiger partial charge < -0.3 is 10.1 Å². The summed E-state index contributed by atoms with van der Waals surface area (Å²) in [5, 5.41) is 4.94. The molecule has 0 unspecified atom stereocenters. The van der Waals surface area contributed by atoms with Gasteiger partial charge in [-0.15, -0.1) is 11.3 Å². The van der Waals surface area contributed by atoms with Crippen LogP contribution in [0.5, 0.6) is 5.75 Å². The van der Waals surface area contributed by atoms with E-state index < -0.39 is 0 Å². The van der Waals surface area contributed by atoms with Crippen LogP contribution in [0.15, 0.2) is 65.5 Å². The molecule has 0 aliphatic rings. The third-order valence-electron chi connectivity index (χ3n) is 3.92. The van der Waals surface area contributed by atoms with Crippen molar-refractivity contribution in [1.29, 1.82) is 0 Å². The molecule has 128 valence electrons. The molecule has 1 atom stereocenters. The largest absolute Gasteiger partial charge is 0.487 e. The number of carbonyl (C=O) groups is 1. The molecule has 0 fully saturated rings. The van der Waals surface area contributed by atoms with Crippen LogP contribution in [0, 0.1) is 0 Å². The van der Waals surface area contributed by atoms with Crippen molar-refractivity contribution in [3.63, 3.8) is 0 Å². The lowest BCUT2D eigenvalue weighted by Crippen LogP contribution is -2.27. The number of rotatable bonds is 7. The fraction of sp³-hybridized carbons (Fsp3) is 0.200. The van der Waals surface area contributed by atoms with Gasteiger partial charge in [-0.2, -0.15) is 0 Å². The van der Waals surface area contributed by atoms with Gasteiger partial charge in [0.05, 0.1) is 11.2 Å². The monoisotopic (exact) mass is 352 g/mol. The highest BCUT2D eigenvalue weighted by atomic mass is 32.1. The number of hydrogen-bond donors (Lipinski definition) is 1. The van der Waals surface area contributed by atoms with Crippen LogP contribution in [-0.4, -0.2) is 17.4 Å². The summed E-state index contributed by atoms with van der Waals surface area (Å²) in [5.41, 5.74) is 4.53. The first-order valence-corrected chi connectivity index (χ1v) is 9.10. The van der Waals surface area contributed by atoms with Crippen molar-refractivity contribution in [1.82, 2.24) is 10.3 Å². The Kier molecular flexibility index (Phi) is 5.80. The fourth-order valence-electron chi connectivity index (χ4n) is 2.42. The van der Waals surface area contributed by atoms with Crippen molar-refractivity contribution in [3.05, 3.63) is 82.3 Å². The van der Waals surface area contributed by atoms with E-state index in [9.17, 15) is 4.79 Å². The number of hydrogen-bond acceptors (Lipinski definition) is 4. The Morgan fingerprint density at radius 3 is 2.60 bits per heavy atom. The van der Waals surface area contributed by atoms with Crippen LogP contribution in [0.1, 0.15) is 34.5 Å². The van der Waals surface area contributed by atoms with E-state index in [4.69, 9.17) is 4.74 Å². The van der Waals surface area contributed by atoms with Crippen molar-refractivity contribution in [2.45, 2.75) is 19.4 Å². The Bertz CT molecular complexity index is 786. The minimum Gasteiger partial charge on any atom is -0.487 e. The number of thiazole rings is 1. The van der Waals surface area contributed by atoms with Crippen LogP contribution in [0.25, 0.3) is 0 Å². The van der Waals surface area contributed by atoms with E-state index in [-0.39, 0.29) is 11.8 Å². The summed E-state index contributed by atoms with van der Waals surface area (Å²) in [7, 11) is 0. The summed E-state index contributed by atoms with van der Waals surface area (Å²) >= 11 is 1.54. The Labute approximate surface area is 151 Å². The molecule has 25 heavy (non-hydrogen) atoms. The summed E-state index contributed by atoms with van der Waals surface area (Å²) in [6, 6.07) is 17.3. The van der Waals surface area contributed by atoms with Gasteiger partial charge in [-0.25, -0.2) is 4.98 Å². The molecule has 0 bridgehead atoms. The number of aromatic nitrogens is 1. The van der Waals surface area contributed by atoms with Crippen LogP contribution in [0.3, 0.4) is 0 Å². The lowest BCUT2D eigenvalue weighted by molar-refractivity contribution is 0.0951. The average molecular weight is 352 g/mol. The molecule has 0 saturated carbocycles. The van der Waals surface area contributed by atoms with E-state index in [1.54, 1.807) is 29.0 Å². The van der Waals surface area contributed by atoms with Crippen molar-refractivity contribution >= 4 is 17.2 Å². The zero-order valence-corrected chi connectivity index (χ0v) is 14.8. The minimum absolute atomic E-state index is 0.0752. The lowest BCUT2D eigenvalue weighted by atomic mass is 10.0. The van der Waals surface area contributed by atoms with E-state index in [1.165, 1.54) is 5.56 Å². The maximum atomic E-state index is 12.3. The number of nitrogens with one attached hydrogen (secondary N) is 1. The van der Waals surface area contributed by atoms with Gasteiger partial charge in [0, 0.05) is 17.5 Å². The summed E-state index contributed by atoms with van der Waals surface area (Å²) in [6.45, 7) is 3.14. The topological polar surface area (TPSA) is 51.2 Å². The molecule has 0 aliphatic carbocycles. The van der Waals surface area contributed by atoms with Crippen LogP contribution in [0.2, 0.25) is 0 Å². The molecule has 4 nitrogen and oxygen atoms in total. The molecule has 0 saturated heterocycles. The number of nitrogens with zero attached hydrogens (tertiary/aromatic N) is 1. The van der Waals surface area contributed by atoms with Gasteiger partial charge in [0.1, 0.15) is 12.4 Å². The molecule has 3 rings (SSSR count). The highest BCUT2D eigenvalue weighted by Gasteiger charge is 2.09. The molecule has 1 N–H and O–H groups in total. The van der Waals surface area contributed by atoms with E-state index >= 15 is 0 Å². The summed E-state index contributed by atoms with van der Waals surface area (Å²) in [5.74, 6) is 0.918. The quantitative estimate of drug-likeness (QED) is 0.691. The zero-order chi connectivity index (χ0) is 17.5. The number of carbonyl (C=O) groups excluding carboxylic acids is 1. The number of ether oxygens (including phenoxy) is 1. The van der Waals surface area contributed by atoms with Gasteiger partial charge in [0.2, 0.25) is 0 Å². The average Bonchev–Trinajstić information content (AvgIpc) is 3.19. The second-order valence-electron chi connectivity index (χ2n) is 5.81. The first-order valence-electron chi connectivity index (χ1n) is 8.15. The van der Waals surface area contributed by atoms with Crippen LogP contribution in [-0.2, 0) is 6.61 Å². The Morgan fingerprint density at radius 1 is 1.16 bits per heavy atom. The normalized spacial score (nSPS) is 11.7. The molecular weight excluding hydrogens is 332 g/mol. The first-order chi connectivity index (χ1) is 12.2. The second kappa shape index (κ2) is 8.44. The molecule has 5 heteroatoms. The van der Waals surface area contributed by atoms with E-state index in [0.29, 0.717) is 18.7 Å². The molecule has 1 amide bonds. The van der Waals surface area contributed by atoms with E-state index in [2.05, 4.69) is 29.4 Å². The Balaban J connectivity index is 1.50. The van der Waals surface area contributed by atoms with Gasteiger partial charge in [-0.1, -0.05) is 37.3 Å². The Morgan fingerprint density at radius 2 is 1.92 bits per heavy atom. The lowest BCUT2D eigenvalue weighted by Gasteiger charge is -2.13. The molecular formula is C20H20N2O2S. The molecule has 1 heterocycles. The van der Waals surface area contributed by atoms with Crippen molar-refractivity contribution in [2.75, 3.05) is 6.54 Å². The smallest absolute Gasteiger partial charge is 0.251 e. The van der Waals surface area contributed by atoms with Crippen molar-refractivity contribution < 1.29 is 9.53 Å². The number of amides is 1. The predicted molar refractivity (Wildman–Crippen MR) is 100 cm³/mol. The third-order valence-corrected chi connectivity index (χ3v) is 4.56. The summed E-state index contributed by atoms with van der Waals surface area (Å²) in [6.07, 6.45) is 0.